The summed E-state index contributed by atoms with van der Waals surface area (Å²) in [7, 11) is 4.18. The van der Waals surface area contributed by atoms with Crippen LogP contribution >= 0.6 is 11.6 Å². The number of alkyl halides is 3. The van der Waals surface area contributed by atoms with Crippen LogP contribution in [0.5, 0.6) is 0 Å². The van der Waals surface area contributed by atoms with Gasteiger partial charge in [-0.3, -0.25) is 4.79 Å². The van der Waals surface area contributed by atoms with Crippen molar-refractivity contribution in [2.24, 2.45) is 11.8 Å². The molecular formula is C20H26ClF3N2O4. The van der Waals surface area contributed by atoms with E-state index in [1.807, 2.05) is 29.2 Å². The third kappa shape index (κ3) is 6.85. The van der Waals surface area contributed by atoms with Gasteiger partial charge < -0.3 is 19.6 Å². The van der Waals surface area contributed by atoms with Crippen molar-refractivity contribution in [2.75, 3.05) is 40.3 Å². The second-order valence-electron chi connectivity index (χ2n) is 7.75. The molecule has 0 spiro atoms. The van der Waals surface area contributed by atoms with Crippen LogP contribution in [0.1, 0.15) is 12.0 Å². The predicted octanol–water partition coefficient (Wildman–Crippen LogP) is 2.94. The van der Waals surface area contributed by atoms with Crippen LogP contribution in [0.3, 0.4) is 0 Å². The number of hydrogen-bond donors (Lipinski definition) is 1. The second kappa shape index (κ2) is 10.5. The van der Waals surface area contributed by atoms with Crippen molar-refractivity contribution in [1.29, 1.82) is 0 Å². The number of hydrogen-bond acceptors (Lipinski definition) is 4. The van der Waals surface area contributed by atoms with Gasteiger partial charge in [0.25, 0.3) is 0 Å². The molecule has 0 unspecified atom stereocenters. The second-order valence-corrected chi connectivity index (χ2v) is 8.16. The third-order valence-electron chi connectivity index (χ3n) is 5.20. The zero-order valence-electron chi connectivity index (χ0n) is 16.9. The number of carbonyl (C=O) groups excluding carboxylic acids is 1. The van der Waals surface area contributed by atoms with Gasteiger partial charge in [-0.25, -0.2) is 4.79 Å². The molecule has 1 amide bonds. The van der Waals surface area contributed by atoms with E-state index in [1.54, 1.807) is 0 Å². The number of carbonyl (C=O) groups is 2. The fourth-order valence-corrected chi connectivity index (χ4v) is 3.99. The van der Waals surface area contributed by atoms with Gasteiger partial charge in [0.15, 0.2) is 0 Å². The largest absolute Gasteiger partial charge is 0.490 e. The molecule has 2 saturated heterocycles. The normalized spacial score (nSPS) is 23.2. The number of benzene rings is 1. The Morgan fingerprint density at radius 1 is 1.27 bits per heavy atom. The summed E-state index contributed by atoms with van der Waals surface area (Å²) in [6.07, 6.45) is -3.64. The number of rotatable bonds is 5. The number of amides is 1. The lowest BCUT2D eigenvalue weighted by molar-refractivity contribution is -0.192. The van der Waals surface area contributed by atoms with Crippen molar-refractivity contribution >= 4 is 23.5 Å². The highest BCUT2D eigenvalue weighted by molar-refractivity contribution is 6.31. The first-order valence-electron chi connectivity index (χ1n) is 9.56. The highest BCUT2D eigenvalue weighted by Crippen LogP contribution is 2.34. The molecule has 1 N–H and O–H groups in total. The minimum atomic E-state index is -5.08. The van der Waals surface area contributed by atoms with Crippen molar-refractivity contribution in [3.8, 4) is 0 Å². The lowest BCUT2D eigenvalue weighted by Crippen LogP contribution is -2.33. The first kappa shape index (κ1) is 24.4. The maximum Gasteiger partial charge on any atom is 0.490 e. The predicted molar refractivity (Wildman–Crippen MR) is 105 cm³/mol. The molecular weight excluding hydrogens is 425 g/mol. The molecule has 0 aromatic heterocycles. The SMILES string of the molecule is CN(C)C[C@@H]1CO[C@@H]2CN(C(=O)CCc3ccccc3Cl)C[C@H]12.O=C(O)C(F)(F)F. The fourth-order valence-electron chi connectivity index (χ4n) is 3.76. The van der Waals surface area contributed by atoms with Gasteiger partial charge in [-0.2, -0.15) is 13.2 Å². The molecule has 0 aliphatic carbocycles. The zero-order chi connectivity index (χ0) is 22.5. The van der Waals surface area contributed by atoms with Crippen LogP contribution in [0.25, 0.3) is 0 Å². The van der Waals surface area contributed by atoms with E-state index >= 15 is 0 Å². The van der Waals surface area contributed by atoms with E-state index in [0.717, 1.165) is 36.8 Å². The minimum Gasteiger partial charge on any atom is -0.475 e. The maximum atomic E-state index is 12.5. The fraction of sp³-hybridized carbons (Fsp3) is 0.600. The van der Waals surface area contributed by atoms with Crippen LogP contribution in [-0.4, -0.2) is 79.4 Å². The molecule has 3 atom stereocenters. The summed E-state index contributed by atoms with van der Waals surface area (Å²) >= 11 is 6.16. The number of halogens is 4. The van der Waals surface area contributed by atoms with E-state index in [1.165, 1.54) is 0 Å². The zero-order valence-corrected chi connectivity index (χ0v) is 17.6. The Morgan fingerprint density at radius 3 is 2.47 bits per heavy atom. The average Bonchev–Trinajstić information content (AvgIpc) is 3.22. The first-order valence-corrected chi connectivity index (χ1v) is 9.94. The summed E-state index contributed by atoms with van der Waals surface area (Å²) in [6.45, 7) is 3.44. The molecule has 30 heavy (non-hydrogen) atoms. The molecule has 6 nitrogen and oxygen atoms in total. The van der Waals surface area contributed by atoms with Gasteiger partial charge in [0.1, 0.15) is 0 Å². The Kier molecular flexibility index (Phi) is 8.52. The Morgan fingerprint density at radius 2 is 1.90 bits per heavy atom. The van der Waals surface area contributed by atoms with Crippen molar-refractivity contribution in [2.45, 2.75) is 25.1 Å². The van der Waals surface area contributed by atoms with Gasteiger partial charge in [-0.15, -0.1) is 0 Å². The van der Waals surface area contributed by atoms with Crippen LogP contribution in [0.4, 0.5) is 13.2 Å². The molecule has 0 saturated carbocycles. The number of ether oxygens (including phenoxy) is 1. The Labute approximate surface area is 178 Å². The quantitative estimate of drug-likeness (QED) is 0.747. The van der Waals surface area contributed by atoms with Gasteiger partial charge in [0, 0.05) is 42.9 Å². The molecule has 1 aromatic rings. The topological polar surface area (TPSA) is 70.1 Å². The molecule has 2 aliphatic heterocycles. The minimum absolute atomic E-state index is 0.214. The summed E-state index contributed by atoms with van der Waals surface area (Å²) in [5.41, 5.74) is 1.05. The number of likely N-dealkylation sites (tertiary alicyclic amines) is 1. The van der Waals surface area contributed by atoms with Gasteiger partial charge in [0.05, 0.1) is 12.7 Å². The average molecular weight is 451 g/mol. The number of aliphatic carboxylic acids is 1. The van der Waals surface area contributed by atoms with E-state index in [2.05, 4.69) is 19.0 Å². The number of fused-ring (bicyclic) bond motifs is 1. The van der Waals surface area contributed by atoms with Crippen molar-refractivity contribution in [3.05, 3.63) is 34.9 Å². The maximum absolute atomic E-state index is 12.5. The standard InChI is InChI=1S/C18H25ClN2O2.C2HF3O2/c1-20(2)9-14-12-23-17-11-21(10-15(14)17)18(22)8-7-13-5-3-4-6-16(13)19;3-2(4,5)1(6)7/h3-6,14-15,17H,7-12H2,1-2H3;(H,6,7)/t14-,15-,17-;/m1./s1. The summed E-state index contributed by atoms with van der Waals surface area (Å²) in [5.74, 6) is -1.52. The summed E-state index contributed by atoms with van der Waals surface area (Å²) < 4.78 is 37.6. The lowest BCUT2D eigenvalue weighted by Gasteiger charge is -2.22. The van der Waals surface area contributed by atoms with E-state index in [-0.39, 0.29) is 12.0 Å². The molecule has 3 rings (SSSR count). The Balaban J connectivity index is 0.000000396. The van der Waals surface area contributed by atoms with Crippen LogP contribution in [0.2, 0.25) is 5.02 Å². The Bertz CT molecular complexity index is 745. The smallest absolute Gasteiger partial charge is 0.475 e. The molecule has 2 aliphatic rings. The molecule has 0 bridgehead atoms. The van der Waals surface area contributed by atoms with Crippen LogP contribution < -0.4 is 0 Å². The highest BCUT2D eigenvalue weighted by Gasteiger charge is 2.45. The summed E-state index contributed by atoms with van der Waals surface area (Å²) in [5, 5.41) is 7.87. The van der Waals surface area contributed by atoms with Gasteiger partial charge >= 0.3 is 12.1 Å². The summed E-state index contributed by atoms with van der Waals surface area (Å²) in [4.78, 5) is 25.6. The highest BCUT2D eigenvalue weighted by atomic mass is 35.5. The number of aryl methyl sites for hydroxylation is 1. The van der Waals surface area contributed by atoms with Gasteiger partial charge in [0.2, 0.25) is 5.91 Å². The molecule has 10 heteroatoms. The molecule has 2 fully saturated rings. The van der Waals surface area contributed by atoms with E-state index in [9.17, 15) is 18.0 Å². The molecule has 168 valence electrons. The number of carboxylic acid groups (broad SMARTS) is 1. The van der Waals surface area contributed by atoms with E-state index < -0.39 is 12.1 Å². The third-order valence-corrected chi connectivity index (χ3v) is 5.57. The van der Waals surface area contributed by atoms with Crippen molar-refractivity contribution in [1.82, 2.24) is 9.80 Å². The molecule has 2 heterocycles. The van der Waals surface area contributed by atoms with Crippen LogP contribution in [0.15, 0.2) is 24.3 Å². The van der Waals surface area contributed by atoms with Crippen molar-refractivity contribution in [3.63, 3.8) is 0 Å². The first-order chi connectivity index (χ1) is 14.0. The van der Waals surface area contributed by atoms with E-state index in [0.29, 0.717) is 24.7 Å². The number of carboxylic acids is 1. The van der Waals surface area contributed by atoms with Crippen LogP contribution in [-0.2, 0) is 20.7 Å². The van der Waals surface area contributed by atoms with Gasteiger partial charge in [-0.1, -0.05) is 29.8 Å². The van der Waals surface area contributed by atoms with Crippen molar-refractivity contribution < 1.29 is 32.6 Å². The Hall–Kier alpha value is -1.84. The lowest BCUT2D eigenvalue weighted by atomic mass is 9.93. The summed E-state index contributed by atoms with van der Waals surface area (Å²) in [6, 6.07) is 7.75. The molecule has 0 radical (unpaired) electrons. The monoisotopic (exact) mass is 450 g/mol. The van der Waals surface area contributed by atoms with Gasteiger partial charge in [-0.05, 0) is 32.1 Å². The van der Waals surface area contributed by atoms with Crippen LogP contribution in [0, 0.1) is 11.8 Å². The number of nitrogens with zero attached hydrogens (tertiary/aromatic N) is 2. The molecule has 1 aromatic carbocycles. The van der Waals surface area contributed by atoms with E-state index in [4.69, 9.17) is 26.2 Å².